The van der Waals surface area contributed by atoms with E-state index >= 15 is 0 Å². The van der Waals surface area contributed by atoms with Crippen molar-refractivity contribution in [1.82, 2.24) is 15.5 Å². The lowest BCUT2D eigenvalue weighted by Crippen LogP contribution is -2.60. The standard InChI is InChI=1S/C26H39N3O7/c1-16(2)20(28-24(34)36-25(3,4)5)21(30)27-19(15-17-9-11-18(35-7)12-10-17)22(31)29-14-8-13-26(29,6)23(32)33/h9-12,16,19-20H,8,13-15H2,1-7H3,(H,27,30)(H,28,34)(H,32,33)/t19-,20-,26-/m0/s1. The lowest BCUT2D eigenvalue weighted by Gasteiger charge is -2.35. The van der Waals surface area contributed by atoms with Crippen molar-refractivity contribution in [1.29, 1.82) is 0 Å². The molecule has 0 saturated carbocycles. The fourth-order valence-electron chi connectivity index (χ4n) is 4.16. The number of carboxylic acids is 1. The SMILES string of the molecule is COc1ccc(C[C@H](NC(=O)[C@@H](NC(=O)OC(C)(C)C)C(C)C)C(=O)N2CCC[C@@]2(C)C(=O)O)cc1. The number of methoxy groups -OCH3 is 1. The van der Waals surface area contributed by atoms with Crippen LogP contribution in [0, 0.1) is 5.92 Å². The topological polar surface area (TPSA) is 134 Å². The minimum atomic E-state index is -1.35. The number of alkyl carbamates (subject to hydrolysis) is 1. The zero-order chi connectivity index (χ0) is 27.3. The molecule has 0 radical (unpaired) electrons. The van der Waals surface area contributed by atoms with Crippen molar-refractivity contribution in [3.63, 3.8) is 0 Å². The zero-order valence-corrected chi connectivity index (χ0v) is 22.2. The number of aliphatic carboxylic acids is 1. The first-order chi connectivity index (χ1) is 16.7. The number of likely N-dealkylation sites (tertiary alicyclic amines) is 1. The summed E-state index contributed by atoms with van der Waals surface area (Å²) in [5.41, 5.74) is -1.34. The summed E-state index contributed by atoms with van der Waals surface area (Å²) in [5, 5.41) is 15.2. The summed E-state index contributed by atoms with van der Waals surface area (Å²) in [5.74, 6) is -1.79. The molecule has 1 heterocycles. The Labute approximate surface area is 212 Å². The van der Waals surface area contributed by atoms with Crippen LogP contribution < -0.4 is 15.4 Å². The van der Waals surface area contributed by atoms with Crippen LogP contribution in [0.15, 0.2) is 24.3 Å². The van der Waals surface area contributed by atoms with Gasteiger partial charge in [-0.25, -0.2) is 9.59 Å². The van der Waals surface area contributed by atoms with Gasteiger partial charge in [0.1, 0.15) is 29.0 Å². The molecule has 0 unspecified atom stereocenters. The number of amides is 3. The second-order valence-corrected chi connectivity index (χ2v) is 10.7. The number of nitrogens with one attached hydrogen (secondary N) is 2. The van der Waals surface area contributed by atoms with Gasteiger partial charge in [0.25, 0.3) is 0 Å². The summed E-state index contributed by atoms with van der Waals surface area (Å²) < 4.78 is 10.5. The first-order valence-corrected chi connectivity index (χ1v) is 12.2. The van der Waals surface area contributed by atoms with Gasteiger partial charge in [0.05, 0.1) is 7.11 Å². The normalized spacial score (nSPS) is 19.4. The van der Waals surface area contributed by atoms with Crippen LogP contribution in [0.5, 0.6) is 5.75 Å². The Bertz CT molecular complexity index is 955. The Kier molecular flexibility index (Phi) is 9.34. The van der Waals surface area contributed by atoms with Gasteiger partial charge in [-0.05, 0) is 64.2 Å². The van der Waals surface area contributed by atoms with E-state index < -0.39 is 47.1 Å². The molecule has 1 fully saturated rings. The molecular weight excluding hydrogens is 466 g/mol. The summed E-state index contributed by atoms with van der Waals surface area (Å²) >= 11 is 0. The Balaban J connectivity index is 2.31. The Morgan fingerprint density at radius 3 is 2.22 bits per heavy atom. The largest absolute Gasteiger partial charge is 0.497 e. The fourth-order valence-corrected chi connectivity index (χ4v) is 4.16. The third-order valence-electron chi connectivity index (χ3n) is 6.20. The third kappa shape index (κ3) is 7.35. The van der Waals surface area contributed by atoms with Gasteiger partial charge in [-0.15, -0.1) is 0 Å². The number of ether oxygens (including phenoxy) is 2. The Morgan fingerprint density at radius 2 is 1.72 bits per heavy atom. The molecule has 10 heteroatoms. The monoisotopic (exact) mass is 505 g/mol. The molecule has 1 aromatic rings. The maximum atomic E-state index is 13.6. The van der Waals surface area contributed by atoms with Crippen molar-refractivity contribution in [2.45, 2.75) is 84.0 Å². The van der Waals surface area contributed by atoms with Crippen molar-refractivity contribution in [3.8, 4) is 5.75 Å². The maximum absolute atomic E-state index is 13.6. The van der Waals surface area contributed by atoms with Crippen LogP contribution in [0.3, 0.4) is 0 Å². The van der Waals surface area contributed by atoms with E-state index in [4.69, 9.17) is 9.47 Å². The molecular formula is C26H39N3O7. The quantitative estimate of drug-likeness (QED) is 0.470. The van der Waals surface area contributed by atoms with Crippen LogP contribution >= 0.6 is 0 Å². The molecule has 36 heavy (non-hydrogen) atoms. The average molecular weight is 506 g/mol. The van der Waals surface area contributed by atoms with Crippen molar-refractivity contribution < 1.29 is 33.8 Å². The fraction of sp³-hybridized carbons (Fsp3) is 0.615. The van der Waals surface area contributed by atoms with Crippen LogP contribution in [0.4, 0.5) is 4.79 Å². The van der Waals surface area contributed by atoms with E-state index in [9.17, 15) is 24.3 Å². The lowest BCUT2D eigenvalue weighted by atomic mass is 9.96. The summed E-state index contributed by atoms with van der Waals surface area (Å²) in [6.07, 6.45) is 0.267. The second-order valence-electron chi connectivity index (χ2n) is 10.7. The highest BCUT2D eigenvalue weighted by Gasteiger charge is 2.47. The molecule has 0 aromatic heterocycles. The average Bonchev–Trinajstić information content (AvgIpc) is 3.18. The number of hydrogen-bond donors (Lipinski definition) is 3. The van der Waals surface area contributed by atoms with Crippen LogP contribution in [-0.2, 0) is 25.5 Å². The second kappa shape index (κ2) is 11.6. The lowest BCUT2D eigenvalue weighted by molar-refractivity contribution is -0.156. The summed E-state index contributed by atoms with van der Waals surface area (Å²) in [7, 11) is 1.55. The smallest absolute Gasteiger partial charge is 0.408 e. The van der Waals surface area contributed by atoms with Crippen molar-refractivity contribution in [2.75, 3.05) is 13.7 Å². The number of hydrogen-bond acceptors (Lipinski definition) is 6. The van der Waals surface area contributed by atoms with Crippen LogP contribution in [0.2, 0.25) is 0 Å². The molecule has 10 nitrogen and oxygen atoms in total. The third-order valence-corrected chi connectivity index (χ3v) is 6.20. The first-order valence-electron chi connectivity index (χ1n) is 12.2. The van der Waals surface area contributed by atoms with Crippen molar-refractivity contribution in [2.24, 2.45) is 5.92 Å². The molecule has 3 atom stereocenters. The first kappa shape index (κ1) is 28.9. The summed E-state index contributed by atoms with van der Waals surface area (Å²) in [6, 6.07) is 5.06. The number of nitrogens with zero attached hydrogens (tertiary/aromatic N) is 1. The molecule has 2 rings (SSSR count). The van der Waals surface area contributed by atoms with Crippen LogP contribution in [-0.4, -0.2) is 70.8 Å². The number of benzene rings is 1. The predicted molar refractivity (Wildman–Crippen MR) is 134 cm³/mol. The summed E-state index contributed by atoms with van der Waals surface area (Å²) in [4.78, 5) is 52.6. The number of rotatable bonds is 9. The molecule has 0 bridgehead atoms. The van der Waals surface area contributed by atoms with E-state index in [1.54, 1.807) is 66.0 Å². The minimum absolute atomic E-state index is 0.137. The van der Waals surface area contributed by atoms with E-state index in [-0.39, 0.29) is 18.9 Å². The molecule has 3 amide bonds. The number of carbonyl (C=O) groups excluding carboxylic acids is 3. The van der Waals surface area contributed by atoms with Crippen molar-refractivity contribution >= 4 is 23.9 Å². The van der Waals surface area contributed by atoms with E-state index in [1.807, 2.05) is 0 Å². The highest BCUT2D eigenvalue weighted by Crippen LogP contribution is 2.30. The van der Waals surface area contributed by atoms with Gasteiger partial charge >= 0.3 is 12.1 Å². The Hall–Kier alpha value is -3.30. The van der Waals surface area contributed by atoms with E-state index in [2.05, 4.69) is 10.6 Å². The number of carboxylic acid groups (broad SMARTS) is 1. The van der Waals surface area contributed by atoms with Crippen LogP contribution in [0.25, 0.3) is 0 Å². The van der Waals surface area contributed by atoms with E-state index in [1.165, 1.54) is 11.8 Å². The highest BCUT2D eigenvalue weighted by atomic mass is 16.6. The highest BCUT2D eigenvalue weighted by molar-refractivity contribution is 5.94. The molecule has 0 aliphatic carbocycles. The molecule has 1 aliphatic heterocycles. The maximum Gasteiger partial charge on any atom is 0.408 e. The summed E-state index contributed by atoms with van der Waals surface area (Å²) in [6.45, 7) is 10.5. The molecule has 1 aromatic carbocycles. The van der Waals surface area contributed by atoms with Crippen molar-refractivity contribution in [3.05, 3.63) is 29.8 Å². The van der Waals surface area contributed by atoms with Gasteiger partial charge < -0.3 is 30.1 Å². The van der Waals surface area contributed by atoms with Gasteiger partial charge in [0, 0.05) is 13.0 Å². The van der Waals surface area contributed by atoms with E-state index in [0.717, 1.165) is 5.56 Å². The van der Waals surface area contributed by atoms with Gasteiger partial charge in [0.15, 0.2) is 0 Å². The van der Waals surface area contributed by atoms with Gasteiger partial charge in [-0.1, -0.05) is 26.0 Å². The molecule has 3 N–H and O–H groups in total. The van der Waals surface area contributed by atoms with Gasteiger partial charge in [-0.2, -0.15) is 0 Å². The number of carbonyl (C=O) groups is 4. The Morgan fingerprint density at radius 1 is 1.11 bits per heavy atom. The molecule has 0 spiro atoms. The van der Waals surface area contributed by atoms with Gasteiger partial charge in [0.2, 0.25) is 11.8 Å². The minimum Gasteiger partial charge on any atom is -0.497 e. The predicted octanol–water partition coefficient (Wildman–Crippen LogP) is 2.74. The molecule has 1 aliphatic rings. The van der Waals surface area contributed by atoms with Gasteiger partial charge in [-0.3, -0.25) is 9.59 Å². The molecule has 1 saturated heterocycles. The molecule has 200 valence electrons. The van der Waals surface area contributed by atoms with Crippen LogP contribution in [0.1, 0.15) is 59.9 Å². The zero-order valence-electron chi connectivity index (χ0n) is 22.2. The van der Waals surface area contributed by atoms with E-state index in [0.29, 0.717) is 18.6 Å².